The summed E-state index contributed by atoms with van der Waals surface area (Å²) in [7, 11) is 1.58. The number of aryl methyl sites for hydroxylation is 2. The van der Waals surface area contributed by atoms with Gasteiger partial charge in [0.25, 0.3) is 5.91 Å². The predicted molar refractivity (Wildman–Crippen MR) is 110 cm³/mol. The molecule has 0 saturated heterocycles. The van der Waals surface area contributed by atoms with E-state index in [-0.39, 0.29) is 12.5 Å². The molecule has 2 aromatic carbocycles. The first-order chi connectivity index (χ1) is 13.4. The van der Waals surface area contributed by atoms with Crippen molar-refractivity contribution in [2.45, 2.75) is 20.8 Å². The number of hydrogen-bond donors (Lipinski definition) is 2. The summed E-state index contributed by atoms with van der Waals surface area (Å²) in [5.41, 5.74) is 5.06. The van der Waals surface area contributed by atoms with Crippen LogP contribution in [0.4, 0.5) is 11.4 Å². The topological polar surface area (TPSA) is 80.3 Å². The molecule has 3 aromatic rings. The number of nitrogens with zero attached hydrogens (tertiary/aromatic N) is 1. The average Bonchev–Trinajstić information content (AvgIpc) is 2.70. The van der Waals surface area contributed by atoms with Crippen molar-refractivity contribution in [1.29, 1.82) is 0 Å². The highest BCUT2D eigenvalue weighted by atomic mass is 16.5. The molecular weight excluding hydrogens is 354 g/mol. The van der Waals surface area contributed by atoms with E-state index in [1.165, 1.54) is 6.20 Å². The van der Waals surface area contributed by atoms with Crippen molar-refractivity contribution in [1.82, 2.24) is 10.3 Å². The van der Waals surface area contributed by atoms with Crippen molar-refractivity contribution in [3.63, 3.8) is 0 Å². The predicted octanol–water partition coefficient (Wildman–Crippen LogP) is 4.13. The van der Waals surface area contributed by atoms with Crippen LogP contribution >= 0.6 is 0 Å². The van der Waals surface area contributed by atoms with Gasteiger partial charge in [-0.3, -0.25) is 9.78 Å². The zero-order valence-corrected chi connectivity index (χ0v) is 16.4. The van der Waals surface area contributed by atoms with E-state index in [4.69, 9.17) is 4.74 Å². The van der Waals surface area contributed by atoms with E-state index in [2.05, 4.69) is 15.6 Å². The first-order valence-electron chi connectivity index (χ1n) is 9.10. The molecular formula is C22H23N3O3. The van der Waals surface area contributed by atoms with Crippen LogP contribution < -0.4 is 10.6 Å². The van der Waals surface area contributed by atoms with Gasteiger partial charge in [0.15, 0.2) is 0 Å². The summed E-state index contributed by atoms with van der Waals surface area (Å²) in [6.45, 7) is 6.02. The second-order valence-corrected chi connectivity index (χ2v) is 6.52. The highest BCUT2D eigenvalue weighted by Crippen LogP contribution is 2.32. The lowest BCUT2D eigenvalue weighted by Crippen LogP contribution is -2.17. The van der Waals surface area contributed by atoms with Crippen molar-refractivity contribution in [3.8, 4) is 0 Å². The lowest BCUT2D eigenvalue weighted by Gasteiger charge is -2.16. The minimum Gasteiger partial charge on any atom is -0.462 e. The minimum absolute atomic E-state index is 0.207. The molecule has 0 bridgehead atoms. The fourth-order valence-corrected chi connectivity index (χ4v) is 2.98. The Balaban J connectivity index is 2.24. The Morgan fingerprint density at radius 2 is 1.89 bits per heavy atom. The number of hydrogen-bond acceptors (Lipinski definition) is 5. The SMILES string of the molecule is CCOC(=O)c1cnc2ccc(C(=O)NC)cc2c1Nc1cc(C)ccc1C. The summed E-state index contributed by atoms with van der Waals surface area (Å²) >= 11 is 0. The molecule has 3 rings (SSSR count). The van der Waals surface area contributed by atoms with Crippen LogP contribution in [0.25, 0.3) is 10.9 Å². The molecule has 0 unspecified atom stereocenters. The summed E-state index contributed by atoms with van der Waals surface area (Å²) < 4.78 is 5.21. The Morgan fingerprint density at radius 1 is 1.11 bits per heavy atom. The molecule has 0 aliphatic heterocycles. The lowest BCUT2D eigenvalue weighted by molar-refractivity contribution is 0.0527. The van der Waals surface area contributed by atoms with E-state index in [1.54, 1.807) is 32.2 Å². The van der Waals surface area contributed by atoms with E-state index < -0.39 is 5.97 Å². The van der Waals surface area contributed by atoms with Gasteiger partial charge >= 0.3 is 5.97 Å². The minimum atomic E-state index is -0.463. The Labute approximate surface area is 163 Å². The second kappa shape index (κ2) is 8.08. The molecule has 1 amide bonds. The van der Waals surface area contributed by atoms with Gasteiger partial charge in [-0.05, 0) is 56.2 Å². The van der Waals surface area contributed by atoms with E-state index >= 15 is 0 Å². The van der Waals surface area contributed by atoms with Gasteiger partial charge < -0.3 is 15.4 Å². The number of pyridine rings is 1. The van der Waals surface area contributed by atoms with Crippen molar-refractivity contribution in [2.75, 3.05) is 19.0 Å². The van der Waals surface area contributed by atoms with Crippen molar-refractivity contribution < 1.29 is 14.3 Å². The molecule has 0 fully saturated rings. The summed E-state index contributed by atoms with van der Waals surface area (Å²) in [5, 5.41) is 6.67. The maximum Gasteiger partial charge on any atom is 0.341 e. The summed E-state index contributed by atoms with van der Waals surface area (Å²) in [4.78, 5) is 29.0. The number of anilines is 2. The van der Waals surface area contributed by atoms with Crippen LogP contribution in [0.3, 0.4) is 0 Å². The van der Waals surface area contributed by atoms with Gasteiger partial charge in [-0.1, -0.05) is 12.1 Å². The highest BCUT2D eigenvalue weighted by molar-refractivity contribution is 6.08. The number of amides is 1. The normalized spacial score (nSPS) is 10.6. The van der Waals surface area contributed by atoms with Crippen LogP contribution in [0.2, 0.25) is 0 Å². The number of nitrogens with one attached hydrogen (secondary N) is 2. The standard InChI is InChI=1S/C22H23N3O3/c1-5-28-22(27)17-12-24-18-9-8-15(21(26)23-4)11-16(18)20(17)25-19-10-13(2)6-7-14(19)3/h6-12H,5H2,1-4H3,(H,23,26)(H,24,25). The third-order valence-corrected chi connectivity index (χ3v) is 4.51. The molecule has 0 radical (unpaired) electrons. The van der Waals surface area contributed by atoms with Gasteiger partial charge in [0.05, 0.1) is 17.8 Å². The van der Waals surface area contributed by atoms with E-state index in [0.29, 0.717) is 27.7 Å². The monoisotopic (exact) mass is 377 g/mol. The van der Waals surface area contributed by atoms with Gasteiger partial charge in [0.1, 0.15) is 5.56 Å². The largest absolute Gasteiger partial charge is 0.462 e. The summed E-state index contributed by atoms with van der Waals surface area (Å²) in [6.07, 6.45) is 1.51. The number of rotatable bonds is 5. The molecule has 0 spiro atoms. The Bertz CT molecular complexity index is 1060. The van der Waals surface area contributed by atoms with Crippen LogP contribution in [0.5, 0.6) is 0 Å². The fourth-order valence-electron chi connectivity index (χ4n) is 2.98. The number of esters is 1. The van der Waals surface area contributed by atoms with Gasteiger partial charge in [0.2, 0.25) is 0 Å². The molecule has 0 atom stereocenters. The third kappa shape index (κ3) is 3.81. The number of carbonyl (C=O) groups is 2. The third-order valence-electron chi connectivity index (χ3n) is 4.51. The Kier molecular flexibility index (Phi) is 5.59. The molecule has 0 aliphatic rings. The first-order valence-corrected chi connectivity index (χ1v) is 9.10. The van der Waals surface area contributed by atoms with Crippen LogP contribution in [-0.2, 0) is 4.74 Å². The first kappa shape index (κ1) is 19.4. The number of aromatic nitrogens is 1. The number of fused-ring (bicyclic) bond motifs is 1. The molecule has 1 heterocycles. The van der Waals surface area contributed by atoms with E-state index in [1.807, 2.05) is 32.0 Å². The van der Waals surface area contributed by atoms with Gasteiger partial charge in [0, 0.05) is 29.9 Å². The zero-order chi connectivity index (χ0) is 20.3. The van der Waals surface area contributed by atoms with Gasteiger partial charge in [-0.25, -0.2) is 4.79 Å². The van der Waals surface area contributed by atoms with Crippen LogP contribution in [0, 0.1) is 13.8 Å². The van der Waals surface area contributed by atoms with Gasteiger partial charge in [-0.15, -0.1) is 0 Å². The molecule has 0 aliphatic carbocycles. The van der Waals surface area contributed by atoms with Crippen molar-refractivity contribution in [2.24, 2.45) is 0 Å². The molecule has 6 heteroatoms. The number of carbonyl (C=O) groups excluding carboxylic acids is 2. The summed E-state index contributed by atoms with van der Waals surface area (Å²) in [5.74, 6) is -0.670. The highest BCUT2D eigenvalue weighted by Gasteiger charge is 2.18. The zero-order valence-electron chi connectivity index (χ0n) is 16.4. The molecule has 1 aromatic heterocycles. The molecule has 28 heavy (non-hydrogen) atoms. The number of ether oxygens (including phenoxy) is 1. The molecule has 2 N–H and O–H groups in total. The molecule has 144 valence electrons. The Morgan fingerprint density at radius 3 is 2.61 bits per heavy atom. The van der Waals surface area contributed by atoms with Gasteiger partial charge in [-0.2, -0.15) is 0 Å². The molecule has 6 nitrogen and oxygen atoms in total. The van der Waals surface area contributed by atoms with E-state index in [0.717, 1.165) is 16.8 Å². The Hall–Kier alpha value is -3.41. The summed E-state index contributed by atoms with van der Waals surface area (Å²) in [6, 6.07) is 11.3. The smallest absolute Gasteiger partial charge is 0.341 e. The maximum absolute atomic E-state index is 12.5. The second-order valence-electron chi connectivity index (χ2n) is 6.52. The molecule has 0 saturated carbocycles. The van der Waals surface area contributed by atoms with Crippen molar-refractivity contribution in [3.05, 3.63) is 64.8 Å². The van der Waals surface area contributed by atoms with Crippen molar-refractivity contribution >= 4 is 34.2 Å². The van der Waals surface area contributed by atoms with Crippen LogP contribution in [-0.4, -0.2) is 30.5 Å². The lowest BCUT2D eigenvalue weighted by atomic mass is 10.0. The maximum atomic E-state index is 12.5. The van der Waals surface area contributed by atoms with Crippen LogP contribution in [0.1, 0.15) is 38.8 Å². The number of benzene rings is 2. The van der Waals surface area contributed by atoms with Crippen LogP contribution in [0.15, 0.2) is 42.6 Å². The van der Waals surface area contributed by atoms with E-state index in [9.17, 15) is 9.59 Å². The quantitative estimate of drug-likeness (QED) is 0.654. The fraction of sp³-hybridized carbons (Fsp3) is 0.227. The average molecular weight is 377 g/mol.